The van der Waals surface area contributed by atoms with Crippen molar-refractivity contribution in [2.24, 2.45) is 0 Å². The van der Waals surface area contributed by atoms with E-state index in [0.29, 0.717) is 36.3 Å². The first-order valence-electron chi connectivity index (χ1n) is 8.05. The van der Waals surface area contributed by atoms with Crippen molar-refractivity contribution in [3.8, 4) is 0 Å². The van der Waals surface area contributed by atoms with Crippen molar-refractivity contribution >= 4 is 14.0 Å². The Kier molecular flexibility index (Phi) is 4.78. The van der Waals surface area contributed by atoms with Crippen molar-refractivity contribution in [3.63, 3.8) is 0 Å². The van der Waals surface area contributed by atoms with Crippen molar-refractivity contribution in [1.29, 1.82) is 0 Å². The highest BCUT2D eigenvalue weighted by Crippen LogP contribution is 2.45. The number of hydrogen-bond acceptors (Lipinski definition) is 3. The molecule has 0 aromatic heterocycles. The molecule has 0 aromatic carbocycles. The van der Waals surface area contributed by atoms with Crippen LogP contribution < -0.4 is 0 Å². The highest BCUT2D eigenvalue weighted by atomic mass is 28.3. The third-order valence-corrected chi connectivity index (χ3v) is 12.0. The van der Waals surface area contributed by atoms with Gasteiger partial charge in [-0.3, -0.25) is 0 Å². The molecule has 2 aliphatic rings. The van der Waals surface area contributed by atoms with Crippen LogP contribution in [-0.2, 0) is 14.3 Å². The standard InChI is InChI=1S/C17H28O3Si/c1-11(2)21(12(3)4,13(5)6)10-16-15-9-19-8-7-14(15)17(18)20-16/h10-13H,7-9H2,1-6H3/b16-10-. The van der Waals surface area contributed by atoms with E-state index in [4.69, 9.17) is 9.47 Å². The third-order valence-electron chi connectivity index (χ3n) is 5.23. The number of carbonyl (C=O) groups excluding carboxylic acids is 1. The zero-order valence-electron chi connectivity index (χ0n) is 14.2. The molecule has 2 rings (SSSR count). The first-order valence-corrected chi connectivity index (χ1v) is 10.4. The summed E-state index contributed by atoms with van der Waals surface area (Å²) < 4.78 is 11.2. The molecule has 118 valence electrons. The lowest BCUT2D eigenvalue weighted by atomic mass is 10.1. The van der Waals surface area contributed by atoms with Gasteiger partial charge in [0.1, 0.15) is 5.76 Å². The maximum Gasteiger partial charge on any atom is 0.339 e. The van der Waals surface area contributed by atoms with E-state index in [-0.39, 0.29) is 5.97 Å². The number of cyclic esters (lactones) is 1. The van der Waals surface area contributed by atoms with E-state index in [2.05, 4.69) is 47.2 Å². The van der Waals surface area contributed by atoms with Crippen LogP contribution in [0.25, 0.3) is 0 Å². The van der Waals surface area contributed by atoms with Crippen LogP contribution in [0.15, 0.2) is 22.6 Å². The highest BCUT2D eigenvalue weighted by molar-refractivity contribution is 6.88. The van der Waals surface area contributed by atoms with Gasteiger partial charge in [0.2, 0.25) is 0 Å². The predicted molar refractivity (Wildman–Crippen MR) is 87.7 cm³/mol. The summed E-state index contributed by atoms with van der Waals surface area (Å²) in [5, 5.41) is 0. The Hall–Kier alpha value is -0.873. The molecule has 0 spiro atoms. The quantitative estimate of drug-likeness (QED) is 0.572. The summed E-state index contributed by atoms with van der Waals surface area (Å²) >= 11 is 0. The van der Waals surface area contributed by atoms with Crippen molar-refractivity contribution in [2.75, 3.05) is 13.2 Å². The van der Waals surface area contributed by atoms with Crippen LogP contribution in [-0.4, -0.2) is 27.3 Å². The Morgan fingerprint density at radius 3 is 2.10 bits per heavy atom. The second-order valence-corrected chi connectivity index (χ2v) is 12.9. The largest absolute Gasteiger partial charge is 0.424 e. The van der Waals surface area contributed by atoms with Gasteiger partial charge in [0.15, 0.2) is 0 Å². The minimum atomic E-state index is -1.73. The molecule has 0 unspecified atom stereocenters. The molecule has 21 heavy (non-hydrogen) atoms. The smallest absolute Gasteiger partial charge is 0.339 e. The molecule has 0 N–H and O–H groups in total. The summed E-state index contributed by atoms with van der Waals surface area (Å²) in [6, 6.07) is 0. The molecule has 0 saturated carbocycles. The second-order valence-electron chi connectivity index (χ2n) is 7.12. The van der Waals surface area contributed by atoms with Crippen LogP contribution in [0.2, 0.25) is 16.6 Å². The number of ether oxygens (including phenoxy) is 2. The van der Waals surface area contributed by atoms with Gasteiger partial charge < -0.3 is 9.47 Å². The van der Waals surface area contributed by atoms with Crippen LogP contribution in [0.3, 0.4) is 0 Å². The zero-order chi connectivity index (χ0) is 15.8. The molecule has 2 heterocycles. The minimum absolute atomic E-state index is 0.154. The first-order chi connectivity index (χ1) is 9.80. The van der Waals surface area contributed by atoms with Crippen molar-refractivity contribution in [2.45, 2.75) is 64.6 Å². The fraction of sp³-hybridized carbons (Fsp3) is 0.706. The maximum atomic E-state index is 12.1. The SMILES string of the molecule is CC(C)[Si](/C=C1\OC(=O)C2=C1COCC2)(C(C)C)C(C)C. The molecule has 2 aliphatic heterocycles. The van der Waals surface area contributed by atoms with Crippen LogP contribution >= 0.6 is 0 Å². The van der Waals surface area contributed by atoms with Crippen LogP contribution in [0.1, 0.15) is 48.0 Å². The van der Waals surface area contributed by atoms with E-state index < -0.39 is 8.07 Å². The second kappa shape index (κ2) is 6.09. The average molecular weight is 308 g/mol. The van der Waals surface area contributed by atoms with Crippen LogP contribution in [0.5, 0.6) is 0 Å². The van der Waals surface area contributed by atoms with E-state index in [0.717, 1.165) is 16.9 Å². The highest BCUT2D eigenvalue weighted by Gasteiger charge is 2.43. The molecule has 3 nitrogen and oxygen atoms in total. The fourth-order valence-corrected chi connectivity index (χ4v) is 9.79. The van der Waals surface area contributed by atoms with Gasteiger partial charge in [-0.05, 0) is 16.6 Å². The third kappa shape index (κ3) is 2.76. The van der Waals surface area contributed by atoms with Gasteiger partial charge in [0, 0.05) is 17.6 Å². The van der Waals surface area contributed by atoms with Gasteiger partial charge in [0.05, 0.1) is 21.3 Å². The predicted octanol–water partition coefficient (Wildman–Crippen LogP) is 4.36. The van der Waals surface area contributed by atoms with E-state index in [1.807, 2.05) is 0 Å². The maximum absolute atomic E-state index is 12.1. The molecule has 0 saturated heterocycles. The molecular formula is C17H28O3Si. The molecular weight excluding hydrogens is 280 g/mol. The van der Waals surface area contributed by atoms with Gasteiger partial charge in [-0.25, -0.2) is 4.79 Å². The molecule has 0 atom stereocenters. The molecule has 0 radical (unpaired) electrons. The molecule has 0 aromatic rings. The summed E-state index contributed by atoms with van der Waals surface area (Å²) in [6.45, 7) is 15.0. The Balaban J connectivity index is 2.49. The lowest BCUT2D eigenvalue weighted by Gasteiger charge is -2.40. The number of hydrogen-bond donors (Lipinski definition) is 0. The Morgan fingerprint density at radius 1 is 1.00 bits per heavy atom. The summed E-state index contributed by atoms with van der Waals surface area (Å²) in [7, 11) is -1.73. The van der Waals surface area contributed by atoms with E-state index in [9.17, 15) is 4.79 Å². The number of rotatable bonds is 4. The molecule has 4 heteroatoms. The lowest BCUT2D eigenvalue weighted by molar-refractivity contribution is -0.133. The zero-order valence-corrected chi connectivity index (χ0v) is 15.2. The Morgan fingerprint density at radius 2 is 1.57 bits per heavy atom. The monoisotopic (exact) mass is 308 g/mol. The van der Waals surface area contributed by atoms with Crippen molar-refractivity contribution < 1.29 is 14.3 Å². The topological polar surface area (TPSA) is 35.5 Å². The number of carbonyl (C=O) groups is 1. The normalized spacial score (nSPS) is 21.8. The molecule has 0 bridgehead atoms. The van der Waals surface area contributed by atoms with Crippen molar-refractivity contribution in [3.05, 3.63) is 22.6 Å². The lowest BCUT2D eigenvalue weighted by Crippen LogP contribution is -2.43. The summed E-state index contributed by atoms with van der Waals surface area (Å²) in [5.41, 5.74) is 6.02. The average Bonchev–Trinajstić information content (AvgIpc) is 2.72. The van der Waals surface area contributed by atoms with Crippen LogP contribution in [0, 0.1) is 0 Å². The molecule has 0 fully saturated rings. The Labute approximate surface area is 129 Å². The molecule has 0 aliphatic carbocycles. The Bertz CT molecular complexity index is 464. The summed E-state index contributed by atoms with van der Waals surface area (Å²) in [4.78, 5) is 12.1. The van der Waals surface area contributed by atoms with Gasteiger partial charge in [-0.1, -0.05) is 47.2 Å². The van der Waals surface area contributed by atoms with E-state index in [1.165, 1.54) is 0 Å². The van der Waals surface area contributed by atoms with Gasteiger partial charge in [-0.15, -0.1) is 0 Å². The summed E-state index contributed by atoms with van der Waals surface area (Å²) in [6.07, 6.45) is 0.686. The van der Waals surface area contributed by atoms with E-state index >= 15 is 0 Å². The number of esters is 1. The van der Waals surface area contributed by atoms with Gasteiger partial charge >= 0.3 is 5.97 Å². The minimum Gasteiger partial charge on any atom is -0.424 e. The van der Waals surface area contributed by atoms with Crippen molar-refractivity contribution in [1.82, 2.24) is 0 Å². The first kappa shape index (κ1) is 16.5. The van der Waals surface area contributed by atoms with Gasteiger partial charge in [0.25, 0.3) is 0 Å². The molecule has 0 amide bonds. The fourth-order valence-electron chi connectivity index (χ4n) is 4.10. The van der Waals surface area contributed by atoms with Gasteiger partial charge in [-0.2, -0.15) is 0 Å². The van der Waals surface area contributed by atoms with E-state index in [1.54, 1.807) is 0 Å². The van der Waals surface area contributed by atoms with Crippen LogP contribution in [0.4, 0.5) is 0 Å². The summed E-state index contributed by atoms with van der Waals surface area (Å²) in [5.74, 6) is 0.649.